The lowest BCUT2D eigenvalue weighted by Crippen LogP contribution is -2.54. The Morgan fingerprint density at radius 2 is 1.25 bits per heavy atom. The Morgan fingerprint density at radius 1 is 0.691 bits per heavy atom. The molecule has 2 aliphatic carbocycles. The van der Waals surface area contributed by atoms with E-state index in [4.69, 9.17) is 9.72 Å². The Bertz CT molecular complexity index is 2080. The van der Waals surface area contributed by atoms with Crippen molar-refractivity contribution in [1.82, 2.24) is 40.4 Å². The fourth-order valence-electron chi connectivity index (χ4n) is 9.03. The summed E-state index contributed by atoms with van der Waals surface area (Å²) >= 11 is 0. The maximum absolute atomic E-state index is 13.9. The van der Waals surface area contributed by atoms with E-state index in [-0.39, 0.29) is 41.9 Å². The Morgan fingerprint density at radius 3 is 1.85 bits per heavy atom. The van der Waals surface area contributed by atoms with Crippen LogP contribution in [0.5, 0.6) is 0 Å². The van der Waals surface area contributed by atoms with Gasteiger partial charge in [-0.1, -0.05) is 62.4 Å². The van der Waals surface area contributed by atoms with Crippen molar-refractivity contribution < 1.29 is 28.7 Å². The molecule has 2 aliphatic heterocycles. The van der Waals surface area contributed by atoms with E-state index < -0.39 is 24.3 Å². The third-order valence-electron chi connectivity index (χ3n) is 12.0. The molecule has 288 valence electrons. The molecule has 14 heteroatoms. The maximum Gasteiger partial charge on any atom is 0.407 e. The molecule has 8 rings (SSSR count). The zero-order valence-corrected chi connectivity index (χ0v) is 31.7. The third-order valence-corrected chi connectivity index (χ3v) is 12.0. The predicted octanol–water partition coefficient (Wildman–Crippen LogP) is 5.97. The lowest BCUT2D eigenvalue weighted by molar-refractivity contribution is -0.139. The van der Waals surface area contributed by atoms with Gasteiger partial charge in [0, 0.05) is 12.1 Å². The number of aromatic amines is 2. The van der Waals surface area contributed by atoms with E-state index in [9.17, 15) is 19.2 Å². The maximum atomic E-state index is 13.9. The summed E-state index contributed by atoms with van der Waals surface area (Å²) in [5.41, 5.74) is 5.86. The van der Waals surface area contributed by atoms with Gasteiger partial charge >= 0.3 is 12.2 Å². The summed E-state index contributed by atoms with van der Waals surface area (Å²) in [5, 5.41) is 5.35. The molecule has 2 aromatic carbocycles. The standard InChI is InChI=1S/C41H48N8O6/c1-21(2)34(47-41(53)55-5)39(51)48-29-15-14-27(16-29)35(48)37-43-20-31(46-37)26-12-8-24(9-13-26)23-6-10-25(11-7-23)30-19-42-36(45-30)33-18-28-17-32(28)49(33)38(50)22(3)44-40(52)54-4/h6-13,19-22,27-29,32-35H,14-18H2,1-5H3,(H,42,45)(H,43,46)(H,44,52)(H,47,53)/t22-,27-,28+,29+,32+,33-,34-,35-/m0/s1. The van der Waals surface area contributed by atoms with Gasteiger partial charge in [0.2, 0.25) is 11.8 Å². The molecule has 0 unspecified atom stereocenters. The number of hydrogen-bond donors (Lipinski definition) is 4. The number of carbonyl (C=O) groups is 4. The van der Waals surface area contributed by atoms with Crippen molar-refractivity contribution in [1.29, 1.82) is 0 Å². The first-order valence-corrected chi connectivity index (χ1v) is 19.2. The minimum Gasteiger partial charge on any atom is -0.453 e. The Hall–Kier alpha value is -5.66. The van der Waals surface area contributed by atoms with E-state index in [1.165, 1.54) is 14.2 Å². The van der Waals surface area contributed by atoms with E-state index >= 15 is 0 Å². The second-order valence-electron chi connectivity index (χ2n) is 15.7. The number of rotatable bonds is 10. The topological polar surface area (TPSA) is 175 Å². The fourth-order valence-corrected chi connectivity index (χ4v) is 9.03. The number of benzene rings is 2. The van der Waals surface area contributed by atoms with Gasteiger partial charge in [-0.15, -0.1) is 0 Å². The first-order chi connectivity index (χ1) is 26.5. The minimum atomic E-state index is -0.695. The largest absolute Gasteiger partial charge is 0.453 e. The lowest BCUT2D eigenvalue weighted by atomic mass is 9.95. The van der Waals surface area contributed by atoms with E-state index in [0.717, 1.165) is 77.4 Å². The number of alkyl carbamates (subject to hydrolysis) is 2. The second kappa shape index (κ2) is 14.5. The molecule has 8 atom stereocenters. The molecule has 2 bridgehead atoms. The number of imidazole rings is 2. The number of aromatic nitrogens is 4. The first-order valence-electron chi connectivity index (χ1n) is 19.2. The highest BCUT2D eigenvalue weighted by molar-refractivity contribution is 5.87. The van der Waals surface area contributed by atoms with Gasteiger partial charge < -0.3 is 39.9 Å². The van der Waals surface area contributed by atoms with Gasteiger partial charge in [-0.2, -0.15) is 0 Å². The van der Waals surface area contributed by atoms with E-state index in [2.05, 4.69) is 78.9 Å². The number of nitrogens with one attached hydrogen (secondary N) is 4. The van der Waals surface area contributed by atoms with Crippen molar-refractivity contribution in [2.75, 3.05) is 14.2 Å². The number of H-pyrrole nitrogens is 2. The monoisotopic (exact) mass is 748 g/mol. The number of amides is 4. The van der Waals surface area contributed by atoms with Gasteiger partial charge in [-0.25, -0.2) is 19.6 Å². The third kappa shape index (κ3) is 6.82. The van der Waals surface area contributed by atoms with E-state index in [1.54, 1.807) is 6.92 Å². The highest BCUT2D eigenvalue weighted by atomic mass is 16.5. The second-order valence-corrected chi connectivity index (χ2v) is 15.7. The van der Waals surface area contributed by atoms with Gasteiger partial charge in [-0.3, -0.25) is 9.59 Å². The van der Waals surface area contributed by atoms with Crippen molar-refractivity contribution in [2.24, 2.45) is 17.8 Å². The molecule has 4 aliphatic rings. The highest BCUT2D eigenvalue weighted by Gasteiger charge is 2.56. The number of piperidine rings is 2. The predicted molar refractivity (Wildman–Crippen MR) is 203 cm³/mol. The zero-order valence-electron chi connectivity index (χ0n) is 31.7. The van der Waals surface area contributed by atoms with Crippen LogP contribution in [-0.4, -0.2) is 92.1 Å². The molecule has 4 fully saturated rings. The quantitative estimate of drug-likeness (QED) is 0.153. The van der Waals surface area contributed by atoms with Crippen molar-refractivity contribution >= 4 is 24.0 Å². The summed E-state index contributed by atoms with van der Waals surface area (Å²) < 4.78 is 9.50. The van der Waals surface area contributed by atoms with Crippen LogP contribution < -0.4 is 10.6 Å². The number of methoxy groups -OCH3 is 2. The van der Waals surface area contributed by atoms with Crippen LogP contribution in [0.2, 0.25) is 0 Å². The molecule has 0 radical (unpaired) electrons. The zero-order chi connectivity index (χ0) is 38.5. The molecule has 4 aromatic rings. The highest BCUT2D eigenvalue weighted by Crippen LogP contribution is 2.53. The summed E-state index contributed by atoms with van der Waals surface area (Å²) in [7, 11) is 2.59. The van der Waals surface area contributed by atoms with Gasteiger partial charge in [0.25, 0.3) is 0 Å². The molecule has 4 amide bonds. The summed E-state index contributed by atoms with van der Waals surface area (Å²) in [6, 6.07) is 15.2. The molecule has 2 aromatic heterocycles. The smallest absolute Gasteiger partial charge is 0.407 e. The van der Waals surface area contributed by atoms with Crippen LogP contribution in [0.3, 0.4) is 0 Å². The SMILES string of the molecule is COC(=O)N[C@@H](C)C(=O)N1[C@@H]2C[C@@H]2C[C@H]1c1ncc(-c2ccc(-c3ccc(-c4cnc([C@@H]5[C@H]6CC[C@H](C6)N5C(=O)[C@@H](NC(=O)OC)C(C)C)[nH]4)cc3)cc2)[nH]1. The summed E-state index contributed by atoms with van der Waals surface area (Å²) in [6.45, 7) is 5.53. The van der Waals surface area contributed by atoms with Crippen LogP contribution in [0.1, 0.15) is 76.6 Å². The van der Waals surface area contributed by atoms with Crippen molar-refractivity contribution in [3.8, 4) is 33.6 Å². The number of nitrogens with zero attached hydrogens (tertiary/aromatic N) is 4. The van der Waals surface area contributed by atoms with E-state index in [0.29, 0.717) is 11.8 Å². The Labute approximate surface area is 319 Å². The molecular weight excluding hydrogens is 701 g/mol. The molecular formula is C41H48N8O6. The van der Waals surface area contributed by atoms with Gasteiger partial charge in [0.1, 0.15) is 23.7 Å². The molecule has 0 spiro atoms. The van der Waals surface area contributed by atoms with Crippen molar-refractivity contribution in [3.63, 3.8) is 0 Å². The molecule has 4 heterocycles. The minimum absolute atomic E-state index is 0.0938. The number of carbonyl (C=O) groups excluding carboxylic acids is 4. The van der Waals surface area contributed by atoms with Gasteiger partial charge in [-0.05, 0) is 79.0 Å². The van der Waals surface area contributed by atoms with Crippen LogP contribution in [0.4, 0.5) is 9.59 Å². The molecule has 2 saturated heterocycles. The van der Waals surface area contributed by atoms with Gasteiger partial charge in [0.05, 0.1) is 50.1 Å². The summed E-state index contributed by atoms with van der Waals surface area (Å²) in [4.78, 5) is 71.4. The average molecular weight is 749 g/mol. The van der Waals surface area contributed by atoms with Crippen LogP contribution >= 0.6 is 0 Å². The molecule has 2 saturated carbocycles. The average Bonchev–Trinajstić information content (AvgIpc) is 3.84. The Balaban J connectivity index is 0.937. The van der Waals surface area contributed by atoms with Crippen LogP contribution in [0.25, 0.3) is 33.6 Å². The number of hydrogen-bond acceptors (Lipinski definition) is 8. The molecule has 55 heavy (non-hydrogen) atoms. The van der Waals surface area contributed by atoms with Crippen molar-refractivity contribution in [3.05, 3.63) is 72.6 Å². The van der Waals surface area contributed by atoms with Crippen molar-refractivity contribution in [2.45, 2.75) is 89.1 Å². The Kier molecular flexibility index (Phi) is 9.60. The molecule has 4 N–H and O–H groups in total. The number of ether oxygens (including phenoxy) is 2. The first kappa shape index (κ1) is 36.3. The number of fused-ring (bicyclic) bond motifs is 3. The normalized spacial score (nSPS) is 24.7. The number of likely N-dealkylation sites (tertiary alicyclic amines) is 2. The molecule has 14 nitrogen and oxygen atoms in total. The van der Waals surface area contributed by atoms with Crippen LogP contribution in [0, 0.1) is 17.8 Å². The fraction of sp³-hybridized carbons (Fsp3) is 0.463. The summed E-state index contributed by atoms with van der Waals surface area (Å²) in [6.07, 6.45) is 7.16. The van der Waals surface area contributed by atoms with Gasteiger partial charge in [0.15, 0.2) is 0 Å². The van der Waals surface area contributed by atoms with E-state index in [1.807, 2.05) is 36.0 Å². The van der Waals surface area contributed by atoms with Crippen LogP contribution in [0.15, 0.2) is 60.9 Å². The lowest BCUT2D eigenvalue weighted by Gasteiger charge is -2.37. The summed E-state index contributed by atoms with van der Waals surface area (Å²) in [5.74, 6) is 1.96. The van der Waals surface area contributed by atoms with Crippen LogP contribution in [-0.2, 0) is 19.1 Å².